The number of nitrogens with zero attached hydrogens (tertiary/aromatic N) is 2. The maximum Gasteiger partial charge on any atom is 0.229 e. The molecule has 0 radical (unpaired) electrons. The van der Waals surface area contributed by atoms with Gasteiger partial charge in [0.15, 0.2) is 0 Å². The van der Waals surface area contributed by atoms with E-state index in [4.69, 9.17) is 0 Å². The quantitative estimate of drug-likeness (QED) is 0.214. The van der Waals surface area contributed by atoms with Gasteiger partial charge in [-0.3, -0.25) is 14.5 Å². The van der Waals surface area contributed by atoms with Gasteiger partial charge in [-0.15, -0.1) is 0 Å². The monoisotopic (exact) mass is 831 g/mol. The Labute approximate surface area is 286 Å². The highest BCUT2D eigenvalue weighted by Crippen LogP contribution is 2.29. The Kier molecular flexibility index (Phi) is 17.5. The third kappa shape index (κ3) is 12.8. The molecular weight excluding hydrogens is 790 g/mol. The summed E-state index contributed by atoms with van der Waals surface area (Å²) < 4.78 is 2.30. The number of alkyl halides is 2. The van der Waals surface area contributed by atoms with Crippen molar-refractivity contribution in [3.8, 4) is 0 Å². The summed E-state index contributed by atoms with van der Waals surface area (Å²) in [5.41, 5.74) is 2.92. The van der Waals surface area contributed by atoms with Crippen molar-refractivity contribution in [3.63, 3.8) is 0 Å². The number of likely N-dealkylation sites (tertiary alicyclic amines) is 2. The third-order valence-corrected chi connectivity index (χ3v) is 10.3. The van der Waals surface area contributed by atoms with Crippen LogP contribution in [0, 0.1) is 0 Å². The standard InChI is InChI=1S/C19H25BrN2O2.C11H14BrN.C3H6Br2/c20-17-7-5-15(6-8-17)16-9-13-21(14-10-16)11-2-12-22-18(23)3-1-4-19(22)24;12-11-3-1-9(2-4-11)10-5-7-13-8-6-10;4-2-1-3-5/h5-8,16H,1-4,9-14H2;1-4,10,13H,5-8H2;1-3H2. The summed E-state index contributed by atoms with van der Waals surface area (Å²) >= 11 is 13.5. The Balaban J connectivity index is 0.000000224. The van der Waals surface area contributed by atoms with Gasteiger partial charge in [0, 0.05) is 39.0 Å². The van der Waals surface area contributed by atoms with Crippen LogP contribution in [0.1, 0.15) is 80.8 Å². The molecule has 3 fully saturated rings. The maximum absolute atomic E-state index is 11.8. The highest BCUT2D eigenvalue weighted by atomic mass is 79.9. The van der Waals surface area contributed by atoms with Crippen LogP contribution in [0.15, 0.2) is 57.5 Å². The van der Waals surface area contributed by atoms with Crippen LogP contribution < -0.4 is 5.32 Å². The van der Waals surface area contributed by atoms with E-state index in [1.54, 1.807) is 0 Å². The van der Waals surface area contributed by atoms with Gasteiger partial charge >= 0.3 is 0 Å². The maximum atomic E-state index is 11.8. The van der Waals surface area contributed by atoms with E-state index in [0.717, 1.165) is 53.5 Å². The molecule has 5 nitrogen and oxygen atoms in total. The molecule has 3 saturated heterocycles. The zero-order valence-corrected chi connectivity index (χ0v) is 30.9. The van der Waals surface area contributed by atoms with Gasteiger partial charge < -0.3 is 10.2 Å². The highest BCUT2D eigenvalue weighted by Gasteiger charge is 2.26. The van der Waals surface area contributed by atoms with Crippen LogP contribution >= 0.6 is 63.7 Å². The summed E-state index contributed by atoms with van der Waals surface area (Å²) in [6.45, 7) is 6.10. The molecule has 0 aromatic heterocycles. The Hall–Kier alpha value is -0.580. The summed E-state index contributed by atoms with van der Waals surface area (Å²) in [7, 11) is 0. The second kappa shape index (κ2) is 20.5. The minimum atomic E-state index is 0.0141. The van der Waals surface area contributed by atoms with Gasteiger partial charge in [0.05, 0.1) is 0 Å². The van der Waals surface area contributed by atoms with Crippen LogP contribution in [-0.4, -0.2) is 71.5 Å². The van der Waals surface area contributed by atoms with Gasteiger partial charge in [-0.25, -0.2) is 0 Å². The topological polar surface area (TPSA) is 52.7 Å². The SMILES string of the molecule is BrCCCBr.Brc1ccc(C2CCNCC2)cc1.O=C1CCCC(=O)N1CCCN1CCC(c2ccc(Br)cc2)CC1. The first-order valence-corrected chi connectivity index (χ1v) is 19.1. The third-order valence-electron chi connectivity index (χ3n) is 8.12. The molecule has 9 heteroatoms. The van der Waals surface area contributed by atoms with E-state index in [2.05, 4.69) is 122 Å². The molecule has 0 saturated carbocycles. The van der Waals surface area contributed by atoms with Crippen LogP contribution in [0.3, 0.4) is 0 Å². The van der Waals surface area contributed by atoms with Crippen molar-refractivity contribution in [2.24, 2.45) is 0 Å². The van der Waals surface area contributed by atoms with Crippen LogP contribution in [-0.2, 0) is 9.59 Å². The Morgan fingerprint density at radius 3 is 1.60 bits per heavy atom. The number of hydrogen-bond donors (Lipinski definition) is 1. The van der Waals surface area contributed by atoms with Crippen molar-refractivity contribution in [3.05, 3.63) is 68.6 Å². The smallest absolute Gasteiger partial charge is 0.229 e. The predicted molar refractivity (Wildman–Crippen MR) is 189 cm³/mol. The predicted octanol–water partition coefficient (Wildman–Crippen LogP) is 8.64. The highest BCUT2D eigenvalue weighted by molar-refractivity contribution is 9.11. The molecule has 3 aliphatic heterocycles. The molecule has 2 amide bonds. The fourth-order valence-electron chi connectivity index (χ4n) is 5.67. The van der Waals surface area contributed by atoms with Crippen molar-refractivity contribution in [1.29, 1.82) is 0 Å². The number of amides is 2. The Bertz CT molecular complexity index is 1040. The lowest BCUT2D eigenvalue weighted by atomic mass is 9.89. The molecule has 0 unspecified atom stereocenters. The molecule has 3 heterocycles. The second-order valence-electron chi connectivity index (χ2n) is 11.1. The zero-order chi connectivity index (χ0) is 30.2. The average Bonchev–Trinajstić information content (AvgIpc) is 3.01. The van der Waals surface area contributed by atoms with Gasteiger partial charge in [0.1, 0.15) is 0 Å². The van der Waals surface area contributed by atoms with Crippen LogP contribution in [0.2, 0.25) is 0 Å². The number of hydrogen-bond acceptors (Lipinski definition) is 4. The first-order chi connectivity index (χ1) is 20.4. The van der Waals surface area contributed by atoms with Crippen molar-refractivity contribution in [2.45, 2.75) is 69.6 Å². The molecule has 3 aliphatic rings. The fourth-order valence-corrected chi connectivity index (χ4v) is 7.51. The van der Waals surface area contributed by atoms with E-state index in [1.807, 2.05) is 0 Å². The van der Waals surface area contributed by atoms with Gasteiger partial charge in [-0.05, 0) is 125 Å². The number of piperidine rings is 3. The van der Waals surface area contributed by atoms with E-state index < -0.39 is 0 Å². The molecule has 0 spiro atoms. The van der Waals surface area contributed by atoms with Gasteiger partial charge in [0.25, 0.3) is 0 Å². The molecule has 0 bridgehead atoms. The molecule has 0 atom stereocenters. The van der Waals surface area contributed by atoms with E-state index in [0.29, 0.717) is 25.3 Å². The number of carbonyl (C=O) groups excluding carboxylic acids is 2. The lowest BCUT2D eigenvalue weighted by Gasteiger charge is -2.33. The van der Waals surface area contributed by atoms with Crippen molar-refractivity contribution in [1.82, 2.24) is 15.1 Å². The van der Waals surface area contributed by atoms with E-state index in [9.17, 15) is 9.59 Å². The van der Waals surface area contributed by atoms with Crippen LogP contribution in [0.25, 0.3) is 0 Å². The largest absolute Gasteiger partial charge is 0.317 e. The normalized spacial score (nSPS) is 18.6. The number of carbonyl (C=O) groups is 2. The summed E-state index contributed by atoms with van der Waals surface area (Å²) in [6, 6.07) is 17.4. The summed E-state index contributed by atoms with van der Waals surface area (Å²) in [5, 5.41) is 5.61. The number of benzene rings is 2. The molecule has 2 aromatic carbocycles. The minimum Gasteiger partial charge on any atom is -0.317 e. The van der Waals surface area contributed by atoms with E-state index in [-0.39, 0.29) is 11.8 Å². The number of nitrogens with one attached hydrogen (secondary N) is 1. The summed E-state index contributed by atoms with van der Waals surface area (Å²) in [5.74, 6) is 1.45. The first-order valence-electron chi connectivity index (χ1n) is 15.3. The van der Waals surface area contributed by atoms with Gasteiger partial charge in [-0.2, -0.15) is 0 Å². The van der Waals surface area contributed by atoms with Gasteiger partial charge in [-0.1, -0.05) is 88.0 Å². The Morgan fingerprint density at radius 2 is 1.14 bits per heavy atom. The van der Waals surface area contributed by atoms with E-state index in [1.165, 1.54) is 65.7 Å². The first kappa shape index (κ1) is 35.9. The molecule has 232 valence electrons. The van der Waals surface area contributed by atoms with E-state index >= 15 is 0 Å². The Morgan fingerprint density at radius 1 is 0.667 bits per heavy atom. The summed E-state index contributed by atoms with van der Waals surface area (Å²) in [4.78, 5) is 27.5. The number of rotatable bonds is 8. The van der Waals surface area contributed by atoms with Crippen LogP contribution in [0.4, 0.5) is 0 Å². The molecule has 5 rings (SSSR count). The zero-order valence-electron chi connectivity index (χ0n) is 24.5. The second-order valence-corrected chi connectivity index (χ2v) is 14.5. The molecular formula is C33H45Br4N3O2. The molecule has 42 heavy (non-hydrogen) atoms. The van der Waals surface area contributed by atoms with Crippen LogP contribution in [0.5, 0.6) is 0 Å². The van der Waals surface area contributed by atoms with Gasteiger partial charge in [0.2, 0.25) is 11.8 Å². The van der Waals surface area contributed by atoms with Crippen molar-refractivity contribution in [2.75, 3.05) is 49.9 Å². The minimum absolute atomic E-state index is 0.0141. The number of imide groups is 1. The molecule has 2 aromatic rings. The molecule has 1 N–H and O–H groups in total. The van der Waals surface area contributed by atoms with Crippen molar-refractivity contribution >= 4 is 75.5 Å². The van der Waals surface area contributed by atoms with Crippen molar-refractivity contribution < 1.29 is 9.59 Å². The number of halogens is 4. The fraction of sp³-hybridized carbons (Fsp3) is 0.576. The average molecular weight is 835 g/mol. The molecule has 0 aliphatic carbocycles. The lowest BCUT2D eigenvalue weighted by Crippen LogP contribution is -2.42. The lowest BCUT2D eigenvalue weighted by molar-refractivity contribution is -0.148. The summed E-state index contributed by atoms with van der Waals surface area (Å²) in [6.07, 6.45) is 8.82.